The second kappa shape index (κ2) is 8.86. The molecule has 0 unspecified atom stereocenters. The molecule has 2 heterocycles. The van der Waals surface area contributed by atoms with Crippen LogP contribution in [0.5, 0.6) is 0 Å². The lowest BCUT2D eigenvalue weighted by Crippen LogP contribution is -2.19. The number of carbonyl (C=O) groups excluding carboxylic acids is 1. The number of fused-ring (bicyclic) bond motifs is 2. The molecule has 0 spiro atoms. The first-order valence-electron chi connectivity index (χ1n) is 11.0. The van der Waals surface area contributed by atoms with Crippen LogP contribution in [0.2, 0.25) is 0 Å². The number of aromatic nitrogens is 1. The Labute approximate surface area is 194 Å². The van der Waals surface area contributed by atoms with Crippen molar-refractivity contribution in [3.05, 3.63) is 93.0 Å². The largest absolute Gasteiger partial charge is 0.419 e. The smallest absolute Gasteiger partial charge is 0.407 e. The van der Waals surface area contributed by atoms with Crippen molar-refractivity contribution in [1.82, 2.24) is 4.57 Å². The number of carbonyl (C=O) groups is 1. The summed E-state index contributed by atoms with van der Waals surface area (Å²) in [6, 6.07) is 20.0. The number of hydrogen-bond donors (Lipinski definition) is 1. The van der Waals surface area contributed by atoms with Crippen LogP contribution in [0.4, 0.5) is 22.7 Å². The zero-order valence-electron chi connectivity index (χ0n) is 18.3. The number of oxazole rings is 1. The summed E-state index contributed by atoms with van der Waals surface area (Å²) in [6.07, 6.45) is 1.57. The van der Waals surface area contributed by atoms with E-state index in [0.717, 1.165) is 30.0 Å². The summed E-state index contributed by atoms with van der Waals surface area (Å²) in [6.45, 7) is 1.11. The minimum absolute atomic E-state index is 0.146. The van der Waals surface area contributed by atoms with Crippen molar-refractivity contribution in [2.75, 3.05) is 16.8 Å². The summed E-state index contributed by atoms with van der Waals surface area (Å²) in [5.41, 5.74) is 4.59. The molecule has 9 heteroatoms. The number of para-hydroxylation sites is 3. The third-order valence-electron chi connectivity index (χ3n) is 6.00. The molecule has 1 N–H and O–H groups in total. The van der Waals surface area contributed by atoms with Gasteiger partial charge >= 0.3 is 5.76 Å². The van der Waals surface area contributed by atoms with E-state index in [2.05, 4.69) is 22.3 Å². The highest BCUT2D eigenvalue weighted by Crippen LogP contribution is 2.38. The van der Waals surface area contributed by atoms with Crippen LogP contribution in [0.3, 0.4) is 0 Å². The van der Waals surface area contributed by atoms with E-state index >= 15 is 0 Å². The highest BCUT2D eigenvalue weighted by molar-refractivity contribution is 5.95. The van der Waals surface area contributed by atoms with E-state index in [9.17, 15) is 19.7 Å². The lowest BCUT2D eigenvalue weighted by atomic mass is 10.1. The standard InChI is InChI=1S/C25H22N4O5/c30-24(10-5-14-28-22-12-11-18(29(32)33)16-23(22)34-25(28)31)26-19-7-2-4-9-21(19)27-15-13-17-6-1-3-8-20(17)27/h1-4,6-9,11-12,16H,5,10,13-15H2,(H,26,30). The van der Waals surface area contributed by atoms with Crippen LogP contribution in [0.15, 0.2) is 75.9 Å². The fourth-order valence-corrected chi connectivity index (χ4v) is 4.39. The van der Waals surface area contributed by atoms with Gasteiger partial charge in [-0.15, -0.1) is 0 Å². The van der Waals surface area contributed by atoms with E-state index in [0.29, 0.717) is 11.9 Å². The number of anilines is 3. The van der Waals surface area contributed by atoms with Gasteiger partial charge in [0.25, 0.3) is 5.69 Å². The van der Waals surface area contributed by atoms with Gasteiger partial charge in [-0.2, -0.15) is 0 Å². The molecule has 5 rings (SSSR count). The molecule has 0 fully saturated rings. The molecule has 1 aliphatic rings. The Bertz CT molecular complexity index is 1460. The van der Waals surface area contributed by atoms with Crippen LogP contribution < -0.4 is 16.0 Å². The number of nitrogens with zero attached hydrogens (tertiary/aromatic N) is 3. The van der Waals surface area contributed by atoms with E-state index in [4.69, 9.17) is 4.42 Å². The fraction of sp³-hybridized carbons (Fsp3) is 0.200. The first kappa shape index (κ1) is 21.4. The molecule has 172 valence electrons. The van der Waals surface area contributed by atoms with Gasteiger partial charge in [-0.3, -0.25) is 19.5 Å². The molecule has 1 aliphatic heterocycles. The van der Waals surface area contributed by atoms with E-state index in [1.807, 2.05) is 36.4 Å². The van der Waals surface area contributed by atoms with Crippen molar-refractivity contribution in [3.8, 4) is 0 Å². The van der Waals surface area contributed by atoms with Gasteiger partial charge in [0, 0.05) is 31.3 Å². The molecule has 0 atom stereocenters. The van der Waals surface area contributed by atoms with Crippen LogP contribution >= 0.6 is 0 Å². The van der Waals surface area contributed by atoms with Crippen LogP contribution in [-0.2, 0) is 17.8 Å². The molecular weight excluding hydrogens is 436 g/mol. The molecule has 3 aromatic carbocycles. The molecule has 1 amide bonds. The Morgan fingerprint density at radius 1 is 1.06 bits per heavy atom. The predicted octanol–water partition coefficient (Wildman–Crippen LogP) is 4.62. The molecule has 0 saturated carbocycles. The fourth-order valence-electron chi connectivity index (χ4n) is 4.39. The highest BCUT2D eigenvalue weighted by atomic mass is 16.6. The maximum Gasteiger partial charge on any atom is 0.419 e. The first-order valence-corrected chi connectivity index (χ1v) is 11.0. The molecular formula is C25H22N4O5. The summed E-state index contributed by atoms with van der Waals surface area (Å²) >= 11 is 0. The van der Waals surface area contributed by atoms with Crippen molar-refractivity contribution in [2.45, 2.75) is 25.8 Å². The van der Waals surface area contributed by atoms with E-state index in [-0.39, 0.29) is 30.1 Å². The second-order valence-corrected chi connectivity index (χ2v) is 8.13. The topological polar surface area (TPSA) is 111 Å². The van der Waals surface area contributed by atoms with Gasteiger partial charge in [0.2, 0.25) is 5.91 Å². The first-order chi connectivity index (χ1) is 16.5. The predicted molar refractivity (Wildman–Crippen MR) is 129 cm³/mol. The highest BCUT2D eigenvalue weighted by Gasteiger charge is 2.22. The molecule has 0 bridgehead atoms. The van der Waals surface area contributed by atoms with E-state index < -0.39 is 10.7 Å². The second-order valence-electron chi connectivity index (χ2n) is 8.13. The average molecular weight is 458 g/mol. The van der Waals surface area contributed by atoms with Crippen molar-refractivity contribution in [2.24, 2.45) is 0 Å². The van der Waals surface area contributed by atoms with Crippen LogP contribution in [0.25, 0.3) is 11.1 Å². The third kappa shape index (κ3) is 4.03. The maximum atomic E-state index is 12.7. The molecule has 4 aromatic rings. The summed E-state index contributed by atoms with van der Waals surface area (Å²) in [4.78, 5) is 37.5. The SMILES string of the molecule is O=C(CCCn1c(=O)oc2cc([N+](=O)[O-])ccc21)Nc1ccccc1N1CCc2ccccc21. The summed E-state index contributed by atoms with van der Waals surface area (Å²) in [7, 11) is 0. The number of non-ortho nitro benzene ring substituents is 1. The number of nitro benzene ring substituents is 1. The van der Waals surface area contributed by atoms with Gasteiger partial charge in [-0.1, -0.05) is 30.3 Å². The molecule has 0 aliphatic carbocycles. The van der Waals surface area contributed by atoms with Crippen LogP contribution in [0.1, 0.15) is 18.4 Å². The Balaban J connectivity index is 1.26. The number of aryl methyl sites for hydroxylation is 1. The van der Waals surface area contributed by atoms with E-state index in [1.165, 1.54) is 28.3 Å². The molecule has 34 heavy (non-hydrogen) atoms. The van der Waals surface area contributed by atoms with Gasteiger partial charge in [-0.25, -0.2) is 4.79 Å². The zero-order chi connectivity index (χ0) is 23.7. The summed E-state index contributed by atoms with van der Waals surface area (Å²) in [5.74, 6) is -0.759. The number of rotatable bonds is 7. The quantitative estimate of drug-likeness (QED) is 0.320. The lowest BCUT2D eigenvalue weighted by Gasteiger charge is -2.23. The monoisotopic (exact) mass is 458 g/mol. The Hall–Kier alpha value is -4.40. The minimum Gasteiger partial charge on any atom is -0.407 e. The van der Waals surface area contributed by atoms with E-state index in [1.54, 1.807) is 0 Å². The Morgan fingerprint density at radius 3 is 2.65 bits per heavy atom. The lowest BCUT2D eigenvalue weighted by molar-refractivity contribution is -0.384. The van der Waals surface area contributed by atoms with Crippen molar-refractivity contribution in [3.63, 3.8) is 0 Å². The number of nitrogens with one attached hydrogen (secondary N) is 1. The Kier molecular flexibility index (Phi) is 5.59. The van der Waals surface area contributed by atoms with Crippen LogP contribution in [0, 0.1) is 10.1 Å². The van der Waals surface area contributed by atoms with Crippen molar-refractivity contribution >= 4 is 39.8 Å². The molecule has 0 radical (unpaired) electrons. The van der Waals surface area contributed by atoms with Crippen molar-refractivity contribution in [1.29, 1.82) is 0 Å². The average Bonchev–Trinajstić information content (AvgIpc) is 3.39. The summed E-state index contributed by atoms with van der Waals surface area (Å²) < 4.78 is 6.53. The summed E-state index contributed by atoms with van der Waals surface area (Å²) in [5, 5.41) is 13.9. The van der Waals surface area contributed by atoms with Gasteiger partial charge in [-0.05, 0) is 42.7 Å². The zero-order valence-corrected chi connectivity index (χ0v) is 18.3. The van der Waals surface area contributed by atoms with Crippen molar-refractivity contribution < 1.29 is 14.1 Å². The minimum atomic E-state index is -0.603. The molecule has 0 saturated heterocycles. The number of hydrogen-bond acceptors (Lipinski definition) is 6. The third-order valence-corrected chi connectivity index (χ3v) is 6.00. The number of amides is 1. The van der Waals surface area contributed by atoms with Crippen LogP contribution in [-0.4, -0.2) is 21.9 Å². The van der Waals surface area contributed by atoms with Gasteiger partial charge < -0.3 is 14.6 Å². The van der Waals surface area contributed by atoms with Gasteiger partial charge in [0.05, 0.1) is 27.9 Å². The van der Waals surface area contributed by atoms with Gasteiger partial charge in [0.15, 0.2) is 5.58 Å². The van der Waals surface area contributed by atoms with Gasteiger partial charge in [0.1, 0.15) is 0 Å². The molecule has 9 nitrogen and oxygen atoms in total. The Morgan fingerprint density at radius 2 is 1.82 bits per heavy atom. The number of benzene rings is 3. The normalized spacial score (nSPS) is 12.6. The number of nitro groups is 1. The molecule has 1 aromatic heterocycles. The maximum absolute atomic E-state index is 12.7.